The minimum Gasteiger partial charge on any atom is -0.488 e. The van der Waals surface area contributed by atoms with Crippen LogP contribution in [-0.4, -0.2) is 44.7 Å². The summed E-state index contributed by atoms with van der Waals surface area (Å²) in [5, 5.41) is 5.83. The van der Waals surface area contributed by atoms with Crippen molar-refractivity contribution in [2.75, 3.05) is 26.3 Å². The molecular weight excluding hydrogens is 318 g/mol. The lowest BCUT2D eigenvalue weighted by Gasteiger charge is -2.22. The highest BCUT2D eigenvalue weighted by Gasteiger charge is 2.21. The van der Waals surface area contributed by atoms with Crippen molar-refractivity contribution in [3.63, 3.8) is 0 Å². The Kier molecular flexibility index (Phi) is 8.08. The molecule has 0 bridgehead atoms. The number of carbonyl (C=O) groups is 1. The molecule has 1 amide bonds. The number of halogens is 3. The molecular formula is C14H19ClF2N2O3. The van der Waals surface area contributed by atoms with Crippen LogP contribution in [0.15, 0.2) is 24.3 Å². The van der Waals surface area contributed by atoms with Gasteiger partial charge in [-0.3, -0.25) is 4.79 Å². The molecule has 5 nitrogen and oxygen atoms in total. The second-order valence-electron chi connectivity index (χ2n) is 4.63. The lowest BCUT2D eigenvalue weighted by molar-refractivity contribution is -0.134. The van der Waals surface area contributed by atoms with Crippen LogP contribution in [0.25, 0.3) is 0 Å². The van der Waals surface area contributed by atoms with Crippen LogP contribution in [0.1, 0.15) is 5.56 Å². The van der Waals surface area contributed by atoms with Gasteiger partial charge in [0.25, 0.3) is 12.3 Å². The summed E-state index contributed by atoms with van der Waals surface area (Å²) in [6, 6.07) is 6.71. The van der Waals surface area contributed by atoms with Crippen molar-refractivity contribution < 1.29 is 23.0 Å². The minimum absolute atomic E-state index is 0. The standard InChI is InChI=1S/C14H18F2N2O3.ClH/c15-13(16)9-21-11-3-1-2-10(6-11)7-18-14(19)12-8-17-4-5-20-12;/h1-3,6,12-13,17H,4-5,7-9H2,(H,18,19);1H. The highest BCUT2D eigenvalue weighted by Crippen LogP contribution is 2.14. The van der Waals surface area contributed by atoms with Gasteiger partial charge in [-0.25, -0.2) is 8.78 Å². The first kappa shape index (κ1) is 18.6. The molecule has 22 heavy (non-hydrogen) atoms. The molecule has 1 unspecified atom stereocenters. The van der Waals surface area contributed by atoms with Gasteiger partial charge in [0.15, 0.2) is 0 Å². The van der Waals surface area contributed by atoms with Crippen molar-refractivity contribution in [2.45, 2.75) is 19.1 Å². The maximum absolute atomic E-state index is 12.1. The lowest BCUT2D eigenvalue weighted by atomic mass is 10.2. The number of ether oxygens (including phenoxy) is 2. The van der Waals surface area contributed by atoms with Crippen LogP contribution in [0.4, 0.5) is 8.78 Å². The van der Waals surface area contributed by atoms with E-state index in [1.807, 2.05) is 0 Å². The first-order chi connectivity index (χ1) is 10.1. The molecule has 1 saturated heterocycles. The fourth-order valence-corrected chi connectivity index (χ4v) is 1.94. The van der Waals surface area contributed by atoms with Crippen LogP contribution < -0.4 is 15.4 Å². The third-order valence-corrected chi connectivity index (χ3v) is 2.96. The molecule has 2 rings (SSSR count). The molecule has 8 heteroatoms. The number of hydrogen-bond donors (Lipinski definition) is 2. The molecule has 1 atom stereocenters. The largest absolute Gasteiger partial charge is 0.488 e. The Hall–Kier alpha value is -1.44. The molecule has 1 fully saturated rings. The van der Waals surface area contributed by atoms with Gasteiger partial charge in [0.2, 0.25) is 0 Å². The smallest absolute Gasteiger partial charge is 0.272 e. The SMILES string of the molecule is Cl.O=C(NCc1cccc(OCC(F)F)c1)C1CNCCO1. The van der Waals surface area contributed by atoms with E-state index in [4.69, 9.17) is 9.47 Å². The molecule has 0 aliphatic carbocycles. The molecule has 1 aromatic rings. The first-order valence-corrected chi connectivity index (χ1v) is 6.75. The van der Waals surface area contributed by atoms with E-state index in [2.05, 4.69) is 10.6 Å². The van der Waals surface area contributed by atoms with Crippen LogP contribution in [0.3, 0.4) is 0 Å². The Bertz CT molecular complexity index is 471. The monoisotopic (exact) mass is 336 g/mol. The number of hydrogen-bond acceptors (Lipinski definition) is 4. The van der Waals surface area contributed by atoms with Gasteiger partial charge in [0.1, 0.15) is 18.5 Å². The Morgan fingerprint density at radius 2 is 2.32 bits per heavy atom. The van der Waals surface area contributed by atoms with Gasteiger partial charge in [-0.15, -0.1) is 12.4 Å². The molecule has 0 aromatic heterocycles. The van der Waals surface area contributed by atoms with Crippen molar-refractivity contribution in [3.8, 4) is 5.75 Å². The molecule has 1 aliphatic heterocycles. The van der Waals surface area contributed by atoms with E-state index < -0.39 is 19.1 Å². The number of nitrogens with one attached hydrogen (secondary N) is 2. The summed E-state index contributed by atoms with van der Waals surface area (Å²) in [6.45, 7) is 1.40. The van der Waals surface area contributed by atoms with Crippen molar-refractivity contribution in [2.24, 2.45) is 0 Å². The highest BCUT2D eigenvalue weighted by atomic mass is 35.5. The fourth-order valence-electron chi connectivity index (χ4n) is 1.94. The van der Waals surface area contributed by atoms with Crippen LogP contribution in [-0.2, 0) is 16.1 Å². The normalized spacial score (nSPS) is 17.7. The third-order valence-electron chi connectivity index (χ3n) is 2.96. The summed E-state index contributed by atoms with van der Waals surface area (Å²) in [7, 11) is 0. The Morgan fingerprint density at radius 1 is 1.50 bits per heavy atom. The molecule has 0 radical (unpaired) electrons. The number of amides is 1. The average molecular weight is 337 g/mol. The van der Waals surface area contributed by atoms with Crippen molar-refractivity contribution in [1.82, 2.24) is 10.6 Å². The van der Waals surface area contributed by atoms with E-state index in [1.165, 1.54) is 0 Å². The minimum atomic E-state index is -2.51. The van der Waals surface area contributed by atoms with Gasteiger partial charge in [-0.05, 0) is 17.7 Å². The fraction of sp³-hybridized carbons (Fsp3) is 0.500. The summed E-state index contributed by atoms with van der Waals surface area (Å²) < 4.78 is 34.4. The molecule has 1 aliphatic rings. The van der Waals surface area contributed by atoms with E-state index in [1.54, 1.807) is 24.3 Å². The molecule has 1 heterocycles. The maximum atomic E-state index is 12.1. The second kappa shape index (κ2) is 9.55. The van der Waals surface area contributed by atoms with E-state index >= 15 is 0 Å². The predicted molar refractivity (Wildman–Crippen MR) is 79.6 cm³/mol. The third kappa shape index (κ3) is 6.13. The van der Waals surface area contributed by atoms with Crippen molar-refractivity contribution in [3.05, 3.63) is 29.8 Å². The summed E-state index contributed by atoms with van der Waals surface area (Å²) in [5.41, 5.74) is 0.777. The number of morpholine rings is 1. The summed E-state index contributed by atoms with van der Waals surface area (Å²) in [5.74, 6) is 0.165. The Labute approximate surface area is 133 Å². The van der Waals surface area contributed by atoms with Crippen LogP contribution in [0.5, 0.6) is 5.75 Å². The highest BCUT2D eigenvalue weighted by molar-refractivity contribution is 5.85. The second-order valence-corrected chi connectivity index (χ2v) is 4.63. The number of alkyl halides is 2. The van der Waals surface area contributed by atoms with E-state index in [-0.39, 0.29) is 18.3 Å². The Morgan fingerprint density at radius 3 is 3.00 bits per heavy atom. The van der Waals surface area contributed by atoms with Gasteiger partial charge < -0.3 is 20.1 Å². The van der Waals surface area contributed by atoms with Crippen molar-refractivity contribution in [1.29, 1.82) is 0 Å². The Balaban J connectivity index is 0.00000242. The molecule has 0 spiro atoms. The predicted octanol–water partition coefficient (Wildman–Crippen LogP) is 1.36. The average Bonchev–Trinajstić information content (AvgIpc) is 2.52. The van der Waals surface area contributed by atoms with Gasteiger partial charge in [0.05, 0.1) is 6.61 Å². The maximum Gasteiger partial charge on any atom is 0.272 e. The topological polar surface area (TPSA) is 59.6 Å². The van der Waals surface area contributed by atoms with Gasteiger partial charge in [-0.2, -0.15) is 0 Å². The number of carbonyl (C=O) groups excluding carboxylic acids is 1. The summed E-state index contributed by atoms with van der Waals surface area (Å²) in [4.78, 5) is 11.9. The van der Waals surface area contributed by atoms with E-state index in [0.717, 1.165) is 12.1 Å². The number of rotatable bonds is 6. The van der Waals surface area contributed by atoms with Crippen LogP contribution >= 0.6 is 12.4 Å². The zero-order chi connectivity index (χ0) is 15.1. The van der Waals surface area contributed by atoms with E-state index in [0.29, 0.717) is 25.4 Å². The molecule has 2 N–H and O–H groups in total. The molecule has 1 aromatic carbocycles. The molecule has 124 valence electrons. The van der Waals surface area contributed by atoms with Crippen LogP contribution in [0.2, 0.25) is 0 Å². The van der Waals surface area contributed by atoms with E-state index in [9.17, 15) is 13.6 Å². The van der Waals surface area contributed by atoms with Gasteiger partial charge >= 0.3 is 0 Å². The number of benzene rings is 1. The van der Waals surface area contributed by atoms with Gasteiger partial charge in [0, 0.05) is 19.6 Å². The van der Waals surface area contributed by atoms with Crippen LogP contribution in [0, 0.1) is 0 Å². The zero-order valence-corrected chi connectivity index (χ0v) is 12.7. The summed E-state index contributed by atoms with van der Waals surface area (Å²) in [6.07, 6.45) is -3.00. The van der Waals surface area contributed by atoms with Gasteiger partial charge in [-0.1, -0.05) is 12.1 Å². The lowest BCUT2D eigenvalue weighted by Crippen LogP contribution is -2.47. The molecule has 0 saturated carbocycles. The zero-order valence-electron chi connectivity index (χ0n) is 11.9. The quantitative estimate of drug-likeness (QED) is 0.823. The van der Waals surface area contributed by atoms with Crippen molar-refractivity contribution >= 4 is 18.3 Å². The summed E-state index contributed by atoms with van der Waals surface area (Å²) >= 11 is 0. The first-order valence-electron chi connectivity index (χ1n) is 6.75.